The summed E-state index contributed by atoms with van der Waals surface area (Å²) in [4.78, 5) is 15.7. The van der Waals surface area contributed by atoms with Crippen LogP contribution in [0.5, 0.6) is 0 Å². The molecule has 7 heteroatoms. The second-order valence-electron chi connectivity index (χ2n) is 4.53. The van der Waals surface area contributed by atoms with Gasteiger partial charge in [0, 0.05) is 30.5 Å². The topological polar surface area (TPSA) is 54.0 Å². The molecule has 0 aliphatic carbocycles. The smallest absolute Gasteiger partial charge is 0.337 e. The first-order chi connectivity index (χ1) is 10.4. The number of hydrogen-bond acceptors (Lipinski definition) is 2. The average Bonchev–Trinajstić information content (AvgIpc) is 2.48. The van der Waals surface area contributed by atoms with Gasteiger partial charge in [0.1, 0.15) is 0 Å². The van der Waals surface area contributed by atoms with Gasteiger partial charge in [0.25, 0.3) is 0 Å². The molecule has 0 aliphatic rings. The van der Waals surface area contributed by atoms with Crippen molar-refractivity contribution in [3.05, 3.63) is 59.9 Å². The second kappa shape index (κ2) is 6.93. The van der Waals surface area contributed by atoms with Crippen LogP contribution in [-0.4, -0.2) is 17.6 Å². The number of pyridine rings is 1. The zero-order chi connectivity index (χ0) is 16.0. The molecule has 0 aliphatic heterocycles. The van der Waals surface area contributed by atoms with Crippen molar-refractivity contribution >= 4 is 11.7 Å². The maximum Gasteiger partial charge on any atom is 0.416 e. The van der Waals surface area contributed by atoms with Gasteiger partial charge < -0.3 is 10.6 Å². The van der Waals surface area contributed by atoms with Crippen LogP contribution in [0.15, 0.2) is 48.7 Å². The highest BCUT2D eigenvalue weighted by Crippen LogP contribution is 2.30. The zero-order valence-corrected chi connectivity index (χ0v) is 11.5. The summed E-state index contributed by atoms with van der Waals surface area (Å²) in [5, 5.41) is 4.94. The van der Waals surface area contributed by atoms with Crippen LogP contribution in [0.3, 0.4) is 0 Å². The van der Waals surface area contributed by atoms with E-state index in [1.165, 1.54) is 12.1 Å². The largest absolute Gasteiger partial charge is 0.416 e. The van der Waals surface area contributed by atoms with E-state index in [4.69, 9.17) is 0 Å². The summed E-state index contributed by atoms with van der Waals surface area (Å²) in [6.07, 6.45) is -2.25. The number of carbonyl (C=O) groups excluding carboxylic acids is 1. The number of amides is 2. The van der Waals surface area contributed by atoms with Gasteiger partial charge in [-0.3, -0.25) is 4.98 Å². The van der Waals surface area contributed by atoms with Crippen LogP contribution >= 0.6 is 0 Å². The molecule has 0 saturated carbocycles. The molecule has 4 nitrogen and oxygen atoms in total. The van der Waals surface area contributed by atoms with Crippen LogP contribution in [0.2, 0.25) is 0 Å². The van der Waals surface area contributed by atoms with E-state index in [-0.39, 0.29) is 5.69 Å². The molecule has 2 rings (SSSR count). The third-order valence-electron chi connectivity index (χ3n) is 2.84. The lowest BCUT2D eigenvalue weighted by Crippen LogP contribution is -2.30. The monoisotopic (exact) mass is 309 g/mol. The molecule has 0 spiro atoms. The van der Waals surface area contributed by atoms with Crippen molar-refractivity contribution in [3.63, 3.8) is 0 Å². The number of urea groups is 1. The van der Waals surface area contributed by atoms with E-state index in [0.717, 1.165) is 17.8 Å². The molecule has 0 saturated heterocycles. The minimum Gasteiger partial charge on any atom is -0.337 e. The lowest BCUT2D eigenvalue weighted by Gasteiger charge is -2.10. The van der Waals surface area contributed by atoms with E-state index in [1.54, 1.807) is 12.3 Å². The fourth-order valence-electron chi connectivity index (χ4n) is 1.80. The Bertz CT molecular complexity index is 629. The van der Waals surface area contributed by atoms with Crippen LogP contribution in [0, 0.1) is 0 Å². The van der Waals surface area contributed by atoms with Crippen LogP contribution in [0.4, 0.5) is 23.7 Å². The molecular formula is C15H14F3N3O. The molecule has 116 valence electrons. The first kappa shape index (κ1) is 15.8. The number of alkyl halides is 3. The first-order valence-corrected chi connectivity index (χ1v) is 6.57. The Morgan fingerprint density at radius 1 is 1.14 bits per heavy atom. The number of hydrogen-bond donors (Lipinski definition) is 2. The summed E-state index contributed by atoms with van der Waals surface area (Å²) < 4.78 is 37.7. The van der Waals surface area contributed by atoms with Gasteiger partial charge in [-0.1, -0.05) is 12.1 Å². The molecule has 0 fully saturated rings. The standard InChI is InChI=1S/C15H14F3N3O/c16-15(17,18)11-4-3-6-13(10-11)21-14(22)20-9-7-12-5-1-2-8-19-12/h1-6,8,10H,7,9H2,(H2,20,21,22). The van der Waals surface area contributed by atoms with Gasteiger partial charge in [-0.2, -0.15) is 13.2 Å². The SMILES string of the molecule is O=C(NCCc1ccccn1)Nc1cccc(C(F)(F)F)c1. The predicted molar refractivity (Wildman–Crippen MR) is 76.4 cm³/mol. The Morgan fingerprint density at radius 3 is 2.64 bits per heavy atom. The van der Waals surface area contributed by atoms with E-state index in [2.05, 4.69) is 15.6 Å². The number of anilines is 1. The number of halogens is 3. The van der Waals surface area contributed by atoms with Gasteiger partial charge >= 0.3 is 12.2 Å². The lowest BCUT2D eigenvalue weighted by atomic mass is 10.2. The summed E-state index contributed by atoms with van der Waals surface area (Å²) in [6, 6.07) is 9.37. The van der Waals surface area contributed by atoms with Crippen LogP contribution in [-0.2, 0) is 12.6 Å². The summed E-state index contributed by atoms with van der Waals surface area (Å²) in [6.45, 7) is 0.335. The molecule has 2 aromatic rings. The number of rotatable bonds is 4. The second-order valence-corrected chi connectivity index (χ2v) is 4.53. The van der Waals surface area contributed by atoms with Crippen molar-refractivity contribution in [2.45, 2.75) is 12.6 Å². The predicted octanol–water partition coefficient (Wildman–Crippen LogP) is 3.46. The van der Waals surface area contributed by atoms with E-state index < -0.39 is 17.8 Å². The van der Waals surface area contributed by atoms with Crippen LogP contribution in [0.1, 0.15) is 11.3 Å². The van der Waals surface area contributed by atoms with Gasteiger partial charge in [0.2, 0.25) is 0 Å². The summed E-state index contributed by atoms with van der Waals surface area (Å²) in [5.74, 6) is 0. The molecule has 2 amide bonds. The highest BCUT2D eigenvalue weighted by Gasteiger charge is 2.30. The van der Waals surface area contributed by atoms with Crippen molar-refractivity contribution in [1.82, 2.24) is 10.3 Å². The van der Waals surface area contributed by atoms with Gasteiger partial charge in [0.15, 0.2) is 0 Å². The normalized spacial score (nSPS) is 11.0. The maximum atomic E-state index is 12.6. The number of benzene rings is 1. The third-order valence-corrected chi connectivity index (χ3v) is 2.84. The number of carbonyl (C=O) groups is 1. The Labute approximate surface area is 125 Å². The van der Waals surface area contributed by atoms with Crippen LogP contribution in [0.25, 0.3) is 0 Å². The molecule has 1 heterocycles. The number of nitrogens with zero attached hydrogens (tertiary/aromatic N) is 1. The Hall–Kier alpha value is -2.57. The van der Waals surface area contributed by atoms with Gasteiger partial charge in [-0.05, 0) is 30.3 Å². The minimum absolute atomic E-state index is 0.0881. The van der Waals surface area contributed by atoms with Crippen LogP contribution < -0.4 is 10.6 Å². The molecule has 22 heavy (non-hydrogen) atoms. The van der Waals surface area contributed by atoms with Crippen molar-refractivity contribution < 1.29 is 18.0 Å². The summed E-state index contributed by atoms with van der Waals surface area (Å²) in [5.41, 5.74) is 0.103. The quantitative estimate of drug-likeness (QED) is 0.908. The van der Waals surface area contributed by atoms with Crippen molar-refractivity contribution in [2.24, 2.45) is 0 Å². The molecule has 0 bridgehead atoms. The maximum absolute atomic E-state index is 12.6. The zero-order valence-electron chi connectivity index (χ0n) is 11.5. The molecule has 1 aromatic heterocycles. The van der Waals surface area contributed by atoms with Crippen molar-refractivity contribution in [2.75, 3.05) is 11.9 Å². The summed E-state index contributed by atoms with van der Waals surface area (Å²) in [7, 11) is 0. The molecule has 0 unspecified atom stereocenters. The molecule has 0 radical (unpaired) electrons. The average molecular weight is 309 g/mol. The van der Waals surface area contributed by atoms with E-state index in [1.807, 2.05) is 12.1 Å². The molecular weight excluding hydrogens is 295 g/mol. The van der Waals surface area contributed by atoms with Gasteiger partial charge in [0.05, 0.1) is 5.56 Å². The molecule has 1 aromatic carbocycles. The summed E-state index contributed by atoms with van der Waals surface area (Å²) >= 11 is 0. The van der Waals surface area contributed by atoms with Gasteiger partial charge in [-0.15, -0.1) is 0 Å². The highest BCUT2D eigenvalue weighted by atomic mass is 19.4. The fraction of sp³-hybridized carbons (Fsp3) is 0.200. The first-order valence-electron chi connectivity index (χ1n) is 6.57. The molecule has 2 N–H and O–H groups in total. The number of nitrogens with one attached hydrogen (secondary N) is 2. The van der Waals surface area contributed by atoms with E-state index in [0.29, 0.717) is 13.0 Å². The van der Waals surface area contributed by atoms with E-state index in [9.17, 15) is 18.0 Å². The van der Waals surface area contributed by atoms with Crippen molar-refractivity contribution in [3.8, 4) is 0 Å². The van der Waals surface area contributed by atoms with E-state index >= 15 is 0 Å². The van der Waals surface area contributed by atoms with Gasteiger partial charge in [-0.25, -0.2) is 4.79 Å². The Kier molecular flexibility index (Phi) is 4.98. The lowest BCUT2D eigenvalue weighted by molar-refractivity contribution is -0.137. The third kappa shape index (κ3) is 4.76. The fourth-order valence-corrected chi connectivity index (χ4v) is 1.80. The Morgan fingerprint density at radius 2 is 1.95 bits per heavy atom. The number of aromatic nitrogens is 1. The highest BCUT2D eigenvalue weighted by molar-refractivity contribution is 5.89. The van der Waals surface area contributed by atoms with Crippen molar-refractivity contribution in [1.29, 1.82) is 0 Å². The minimum atomic E-state index is -4.44. The Balaban J connectivity index is 1.84. The molecule has 0 atom stereocenters.